The fourth-order valence-corrected chi connectivity index (χ4v) is 3.26. The molecule has 0 bridgehead atoms. The van der Waals surface area contributed by atoms with Crippen LogP contribution in [0.25, 0.3) is 0 Å². The van der Waals surface area contributed by atoms with Gasteiger partial charge in [-0.2, -0.15) is 0 Å². The maximum absolute atomic E-state index is 13.0. The van der Waals surface area contributed by atoms with E-state index in [1.807, 2.05) is 0 Å². The zero-order valence-corrected chi connectivity index (χ0v) is 17.6. The number of carbonyl (C=O) groups is 3. The van der Waals surface area contributed by atoms with Crippen molar-refractivity contribution in [1.29, 1.82) is 0 Å². The number of hydrogen-bond donors (Lipinski definition) is 1. The van der Waals surface area contributed by atoms with E-state index in [-0.39, 0.29) is 5.78 Å². The largest absolute Gasteiger partial charge is 0.465 e. The molecule has 0 saturated carbocycles. The van der Waals surface area contributed by atoms with Gasteiger partial charge in [0.1, 0.15) is 0 Å². The van der Waals surface area contributed by atoms with Gasteiger partial charge in [0.2, 0.25) is 0 Å². The van der Waals surface area contributed by atoms with Gasteiger partial charge in [-0.05, 0) is 54.6 Å². The monoisotopic (exact) mass is 471 g/mol. The Labute approximate surface area is 180 Å². The van der Waals surface area contributed by atoms with Gasteiger partial charge in [-0.15, -0.1) is 0 Å². The zero-order valence-electron chi connectivity index (χ0n) is 15.2. The van der Waals surface area contributed by atoms with Crippen molar-refractivity contribution in [3.8, 4) is 0 Å². The Morgan fingerprint density at radius 2 is 1.55 bits per heavy atom. The first-order valence-electron chi connectivity index (χ1n) is 8.49. The Hall–Kier alpha value is -2.96. The van der Waals surface area contributed by atoms with Gasteiger partial charge in [0.25, 0.3) is 5.91 Å². The molecule has 0 atom stereocenters. The van der Waals surface area contributed by atoms with Crippen molar-refractivity contribution in [2.45, 2.75) is 0 Å². The number of esters is 1. The molecule has 5 nitrogen and oxygen atoms in total. The molecule has 1 N–H and O–H groups in total. The van der Waals surface area contributed by atoms with Crippen LogP contribution in [0.2, 0.25) is 5.02 Å². The average molecular weight is 473 g/mol. The normalized spacial score (nSPS) is 10.3. The third-order valence-electron chi connectivity index (χ3n) is 4.16. The van der Waals surface area contributed by atoms with Crippen LogP contribution in [-0.4, -0.2) is 24.8 Å². The van der Waals surface area contributed by atoms with E-state index in [2.05, 4.69) is 26.0 Å². The van der Waals surface area contributed by atoms with E-state index in [4.69, 9.17) is 11.6 Å². The fraction of sp³-hybridized carbons (Fsp3) is 0.0455. The van der Waals surface area contributed by atoms with Gasteiger partial charge in [0.15, 0.2) is 5.78 Å². The van der Waals surface area contributed by atoms with E-state index < -0.39 is 11.9 Å². The van der Waals surface area contributed by atoms with Gasteiger partial charge in [0.05, 0.1) is 23.4 Å². The van der Waals surface area contributed by atoms with Crippen molar-refractivity contribution in [2.24, 2.45) is 0 Å². The lowest BCUT2D eigenvalue weighted by Crippen LogP contribution is -2.15. The molecule has 1 amide bonds. The van der Waals surface area contributed by atoms with Gasteiger partial charge in [-0.3, -0.25) is 9.59 Å². The van der Waals surface area contributed by atoms with Gasteiger partial charge >= 0.3 is 5.97 Å². The van der Waals surface area contributed by atoms with E-state index >= 15 is 0 Å². The molecule has 0 radical (unpaired) electrons. The number of ketones is 1. The number of ether oxygens (including phenoxy) is 1. The maximum atomic E-state index is 13.0. The Morgan fingerprint density at radius 1 is 0.897 bits per heavy atom. The molecular weight excluding hydrogens is 458 g/mol. The number of benzene rings is 3. The summed E-state index contributed by atoms with van der Waals surface area (Å²) in [5.74, 6) is -1.22. The van der Waals surface area contributed by atoms with Gasteiger partial charge < -0.3 is 10.1 Å². The van der Waals surface area contributed by atoms with Crippen LogP contribution in [0, 0.1) is 0 Å². The average Bonchev–Trinajstić information content (AvgIpc) is 2.74. The SMILES string of the molecule is COC(=O)c1ccc(C(=O)Nc2ccc(Br)cc2C(=O)c2ccccc2Cl)cc1. The second-order valence-corrected chi connectivity index (χ2v) is 7.34. The molecule has 0 aliphatic rings. The lowest BCUT2D eigenvalue weighted by molar-refractivity contribution is 0.0600. The molecule has 0 aliphatic carbocycles. The number of nitrogens with one attached hydrogen (secondary N) is 1. The second-order valence-electron chi connectivity index (χ2n) is 6.02. The van der Waals surface area contributed by atoms with Crippen LogP contribution in [0.15, 0.2) is 71.2 Å². The number of anilines is 1. The number of rotatable bonds is 5. The molecule has 0 aromatic heterocycles. The quantitative estimate of drug-likeness (QED) is 0.400. The minimum Gasteiger partial charge on any atom is -0.465 e. The third-order valence-corrected chi connectivity index (χ3v) is 4.98. The van der Waals surface area contributed by atoms with Crippen molar-refractivity contribution < 1.29 is 19.1 Å². The van der Waals surface area contributed by atoms with E-state index in [1.54, 1.807) is 42.5 Å². The predicted molar refractivity (Wildman–Crippen MR) is 115 cm³/mol. The maximum Gasteiger partial charge on any atom is 0.337 e. The molecule has 0 spiro atoms. The molecule has 0 heterocycles. The first kappa shape index (κ1) is 20.8. The summed E-state index contributed by atoms with van der Waals surface area (Å²) in [5, 5.41) is 3.07. The third kappa shape index (κ3) is 4.72. The molecule has 0 unspecified atom stereocenters. The number of carbonyl (C=O) groups excluding carboxylic acids is 3. The topological polar surface area (TPSA) is 72.5 Å². The van der Waals surface area contributed by atoms with Crippen molar-refractivity contribution in [2.75, 3.05) is 12.4 Å². The van der Waals surface area contributed by atoms with Crippen LogP contribution >= 0.6 is 27.5 Å². The summed E-state index contributed by atoms with van der Waals surface area (Å²) in [5.41, 5.74) is 1.65. The summed E-state index contributed by atoms with van der Waals surface area (Å²) in [7, 11) is 1.29. The highest BCUT2D eigenvalue weighted by molar-refractivity contribution is 9.10. The summed E-state index contributed by atoms with van der Waals surface area (Å²) in [4.78, 5) is 37.2. The molecule has 3 aromatic rings. The summed E-state index contributed by atoms with van der Waals surface area (Å²) >= 11 is 9.51. The molecule has 3 rings (SSSR count). The second kappa shape index (κ2) is 9.03. The van der Waals surface area contributed by atoms with Crippen molar-refractivity contribution in [3.05, 3.63) is 98.5 Å². The smallest absolute Gasteiger partial charge is 0.337 e. The van der Waals surface area contributed by atoms with Crippen molar-refractivity contribution in [3.63, 3.8) is 0 Å². The standard InChI is InChI=1S/C22H15BrClNO4/c1-29-22(28)14-8-6-13(7-9-14)21(27)25-19-11-10-15(23)12-17(19)20(26)16-4-2-3-5-18(16)24/h2-12H,1H3,(H,25,27). The molecule has 3 aromatic carbocycles. The zero-order chi connectivity index (χ0) is 21.0. The van der Waals surface area contributed by atoms with Crippen molar-refractivity contribution >= 4 is 50.9 Å². The molecule has 7 heteroatoms. The van der Waals surface area contributed by atoms with Crippen molar-refractivity contribution in [1.82, 2.24) is 0 Å². The minimum atomic E-state index is -0.488. The predicted octanol–water partition coefficient (Wildman–Crippen LogP) is 5.37. The van der Waals surface area contributed by atoms with E-state index in [1.165, 1.54) is 31.4 Å². The first-order chi connectivity index (χ1) is 13.9. The number of halogens is 2. The van der Waals surface area contributed by atoms with Gasteiger partial charge in [-0.25, -0.2) is 4.79 Å². The molecular formula is C22H15BrClNO4. The molecule has 0 saturated heterocycles. The summed E-state index contributed by atoms with van der Waals surface area (Å²) in [6.07, 6.45) is 0. The highest BCUT2D eigenvalue weighted by atomic mass is 79.9. The summed E-state index contributed by atoms with van der Waals surface area (Å²) in [6.45, 7) is 0. The highest BCUT2D eigenvalue weighted by Gasteiger charge is 2.19. The van der Waals surface area contributed by atoms with Gasteiger partial charge in [0, 0.05) is 21.2 Å². The lowest BCUT2D eigenvalue weighted by Gasteiger charge is -2.12. The van der Waals surface area contributed by atoms with E-state index in [0.717, 1.165) is 0 Å². The van der Waals surface area contributed by atoms with Crippen LogP contribution in [0.3, 0.4) is 0 Å². The lowest BCUT2D eigenvalue weighted by atomic mass is 10.0. The summed E-state index contributed by atoms with van der Waals surface area (Å²) in [6, 6.07) is 17.7. The van der Waals surface area contributed by atoms with E-state index in [9.17, 15) is 14.4 Å². The first-order valence-corrected chi connectivity index (χ1v) is 9.66. The van der Waals surface area contributed by atoms with E-state index in [0.29, 0.717) is 37.4 Å². The Balaban J connectivity index is 1.90. The number of hydrogen-bond acceptors (Lipinski definition) is 4. The minimum absolute atomic E-state index is 0.298. The molecule has 0 aliphatic heterocycles. The molecule has 146 valence electrons. The molecule has 0 fully saturated rings. The Kier molecular flexibility index (Phi) is 6.46. The van der Waals surface area contributed by atoms with Gasteiger partial charge in [-0.1, -0.05) is 39.7 Å². The Morgan fingerprint density at radius 3 is 2.21 bits per heavy atom. The van der Waals surface area contributed by atoms with Crippen LogP contribution in [-0.2, 0) is 4.74 Å². The highest BCUT2D eigenvalue weighted by Crippen LogP contribution is 2.27. The van der Waals surface area contributed by atoms with Crippen LogP contribution in [0.4, 0.5) is 5.69 Å². The summed E-state index contributed by atoms with van der Waals surface area (Å²) < 4.78 is 5.33. The van der Waals surface area contributed by atoms with Crippen LogP contribution < -0.4 is 5.32 Å². The van der Waals surface area contributed by atoms with Crippen LogP contribution in [0.5, 0.6) is 0 Å². The molecule has 29 heavy (non-hydrogen) atoms. The number of methoxy groups -OCH3 is 1. The van der Waals surface area contributed by atoms with Crippen LogP contribution in [0.1, 0.15) is 36.6 Å². The number of amides is 1. The fourth-order valence-electron chi connectivity index (χ4n) is 2.67. The Bertz CT molecular complexity index is 1100.